The van der Waals surface area contributed by atoms with Gasteiger partial charge in [-0.25, -0.2) is 0 Å². The number of benzene rings is 1. The Hall–Kier alpha value is -1.73. The van der Waals surface area contributed by atoms with Gasteiger partial charge in [-0.05, 0) is 12.1 Å². The standard InChI is InChI=1S/C10H7NO2S/c1-13-7-2-6(4-11)10-8(12)5-14-9(10)3-7/h2-3,5,12H,1H3. The van der Waals surface area contributed by atoms with Crippen molar-refractivity contribution in [3.63, 3.8) is 0 Å². The number of rotatable bonds is 1. The van der Waals surface area contributed by atoms with Crippen LogP contribution in [0.5, 0.6) is 11.5 Å². The molecule has 2 rings (SSSR count). The second-order valence-electron chi connectivity index (χ2n) is 2.78. The van der Waals surface area contributed by atoms with E-state index in [4.69, 9.17) is 10.00 Å². The Balaban J connectivity index is 2.84. The van der Waals surface area contributed by atoms with Gasteiger partial charge in [0.05, 0.1) is 18.1 Å². The van der Waals surface area contributed by atoms with E-state index >= 15 is 0 Å². The lowest BCUT2D eigenvalue weighted by molar-refractivity contribution is 0.415. The minimum Gasteiger partial charge on any atom is -0.506 e. The zero-order chi connectivity index (χ0) is 10.1. The molecule has 1 aromatic heterocycles. The third kappa shape index (κ3) is 1.19. The van der Waals surface area contributed by atoms with E-state index in [1.54, 1.807) is 24.6 Å². The Bertz CT molecular complexity index is 525. The van der Waals surface area contributed by atoms with Crippen LogP contribution in [0.2, 0.25) is 0 Å². The Morgan fingerprint density at radius 2 is 2.29 bits per heavy atom. The lowest BCUT2D eigenvalue weighted by Crippen LogP contribution is -1.84. The smallest absolute Gasteiger partial charge is 0.135 e. The topological polar surface area (TPSA) is 53.2 Å². The molecule has 0 bridgehead atoms. The van der Waals surface area contributed by atoms with Crippen LogP contribution in [-0.2, 0) is 0 Å². The third-order valence-electron chi connectivity index (χ3n) is 1.99. The van der Waals surface area contributed by atoms with Crippen molar-refractivity contribution in [3.8, 4) is 17.6 Å². The van der Waals surface area contributed by atoms with Crippen LogP contribution in [-0.4, -0.2) is 12.2 Å². The van der Waals surface area contributed by atoms with Gasteiger partial charge in [0.15, 0.2) is 0 Å². The highest BCUT2D eigenvalue weighted by atomic mass is 32.1. The average Bonchev–Trinajstić information content (AvgIpc) is 2.59. The Morgan fingerprint density at radius 3 is 2.93 bits per heavy atom. The molecule has 1 aromatic carbocycles. The van der Waals surface area contributed by atoms with Gasteiger partial charge in [-0.15, -0.1) is 11.3 Å². The van der Waals surface area contributed by atoms with Crippen LogP contribution < -0.4 is 4.74 Å². The first kappa shape index (κ1) is 8.85. The summed E-state index contributed by atoms with van der Waals surface area (Å²) in [5.74, 6) is 0.792. The highest BCUT2D eigenvalue weighted by Gasteiger charge is 2.09. The summed E-state index contributed by atoms with van der Waals surface area (Å²) in [7, 11) is 1.55. The minimum atomic E-state index is 0.157. The summed E-state index contributed by atoms with van der Waals surface area (Å²) in [6.45, 7) is 0. The molecule has 14 heavy (non-hydrogen) atoms. The molecule has 0 fully saturated rings. The van der Waals surface area contributed by atoms with Gasteiger partial charge in [0.25, 0.3) is 0 Å². The summed E-state index contributed by atoms with van der Waals surface area (Å²) in [5.41, 5.74) is 0.443. The fourth-order valence-electron chi connectivity index (χ4n) is 1.33. The van der Waals surface area contributed by atoms with Crippen LogP contribution in [0.4, 0.5) is 0 Å². The molecule has 1 N–H and O–H groups in total. The van der Waals surface area contributed by atoms with Gasteiger partial charge in [0, 0.05) is 10.1 Å². The Kier molecular flexibility index (Phi) is 2.02. The lowest BCUT2D eigenvalue weighted by atomic mass is 10.1. The van der Waals surface area contributed by atoms with Crippen LogP contribution in [0.25, 0.3) is 10.1 Å². The van der Waals surface area contributed by atoms with Crippen molar-refractivity contribution in [2.75, 3.05) is 7.11 Å². The second kappa shape index (κ2) is 3.20. The van der Waals surface area contributed by atoms with Crippen LogP contribution in [0.3, 0.4) is 0 Å². The van der Waals surface area contributed by atoms with E-state index < -0.39 is 0 Å². The highest BCUT2D eigenvalue weighted by molar-refractivity contribution is 7.17. The Morgan fingerprint density at radius 1 is 1.50 bits per heavy atom. The van der Waals surface area contributed by atoms with E-state index in [9.17, 15) is 5.11 Å². The molecular weight excluding hydrogens is 198 g/mol. The van der Waals surface area contributed by atoms with Gasteiger partial charge < -0.3 is 9.84 Å². The summed E-state index contributed by atoms with van der Waals surface area (Å²) in [6.07, 6.45) is 0. The molecule has 0 unspecified atom stereocenters. The molecule has 0 saturated heterocycles. The SMILES string of the molecule is COc1cc(C#N)c2c(O)csc2c1. The van der Waals surface area contributed by atoms with Crippen LogP contribution in [0, 0.1) is 11.3 Å². The zero-order valence-electron chi connectivity index (χ0n) is 7.44. The number of hydrogen-bond donors (Lipinski definition) is 1. The number of ether oxygens (including phenoxy) is 1. The first-order valence-electron chi connectivity index (χ1n) is 3.94. The third-order valence-corrected chi connectivity index (χ3v) is 2.90. The molecule has 0 aliphatic rings. The van der Waals surface area contributed by atoms with Crippen molar-refractivity contribution in [3.05, 3.63) is 23.1 Å². The quantitative estimate of drug-likeness (QED) is 0.778. The monoisotopic (exact) mass is 205 g/mol. The zero-order valence-corrected chi connectivity index (χ0v) is 8.26. The molecular formula is C10H7NO2S. The van der Waals surface area contributed by atoms with Gasteiger partial charge in [-0.2, -0.15) is 5.26 Å². The summed E-state index contributed by atoms with van der Waals surface area (Å²) >= 11 is 1.39. The molecule has 0 aliphatic heterocycles. The van der Waals surface area contributed by atoms with Gasteiger partial charge in [0.1, 0.15) is 17.6 Å². The largest absolute Gasteiger partial charge is 0.506 e. The van der Waals surface area contributed by atoms with Gasteiger partial charge in [-0.3, -0.25) is 0 Å². The van der Waals surface area contributed by atoms with Gasteiger partial charge in [-0.1, -0.05) is 0 Å². The van der Waals surface area contributed by atoms with E-state index in [0.717, 1.165) is 4.70 Å². The fraction of sp³-hybridized carbons (Fsp3) is 0.100. The van der Waals surface area contributed by atoms with E-state index in [0.29, 0.717) is 16.7 Å². The van der Waals surface area contributed by atoms with Crippen molar-refractivity contribution in [2.24, 2.45) is 0 Å². The molecule has 1 heterocycles. The van der Waals surface area contributed by atoms with Gasteiger partial charge in [0.2, 0.25) is 0 Å². The average molecular weight is 205 g/mol. The first-order chi connectivity index (χ1) is 6.76. The maximum Gasteiger partial charge on any atom is 0.135 e. The summed E-state index contributed by atoms with van der Waals surface area (Å²) in [6, 6.07) is 5.46. The molecule has 0 radical (unpaired) electrons. The number of fused-ring (bicyclic) bond motifs is 1. The molecule has 3 nitrogen and oxygen atoms in total. The van der Waals surface area contributed by atoms with Crippen molar-refractivity contribution < 1.29 is 9.84 Å². The first-order valence-corrected chi connectivity index (χ1v) is 4.82. The molecule has 4 heteroatoms. The van der Waals surface area contributed by atoms with Crippen molar-refractivity contribution in [2.45, 2.75) is 0 Å². The van der Waals surface area contributed by atoms with Crippen LogP contribution in [0.1, 0.15) is 5.56 Å². The van der Waals surface area contributed by atoms with E-state index in [-0.39, 0.29) is 5.75 Å². The summed E-state index contributed by atoms with van der Waals surface area (Å²) in [5, 5.41) is 20.6. The van der Waals surface area contributed by atoms with Crippen LogP contribution in [0.15, 0.2) is 17.5 Å². The number of hydrogen-bond acceptors (Lipinski definition) is 4. The van der Waals surface area contributed by atoms with Crippen molar-refractivity contribution in [1.82, 2.24) is 0 Å². The van der Waals surface area contributed by atoms with Crippen molar-refractivity contribution >= 4 is 21.4 Å². The summed E-state index contributed by atoms with van der Waals surface area (Å²) < 4.78 is 5.91. The fourth-order valence-corrected chi connectivity index (χ4v) is 2.20. The molecule has 0 saturated carbocycles. The second-order valence-corrected chi connectivity index (χ2v) is 3.69. The maximum atomic E-state index is 9.51. The number of thiophene rings is 1. The van der Waals surface area contributed by atoms with Crippen molar-refractivity contribution in [1.29, 1.82) is 5.26 Å². The van der Waals surface area contributed by atoms with Crippen LogP contribution >= 0.6 is 11.3 Å². The lowest BCUT2D eigenvalue weighted by Gasteiger charge is -2.00. The number of methoxy groups -OCH3 is 1. The Labute approximate surface area is 84.8 Å². The minimum absolute atomic E-state index is 0.157. The van der Waals surface area contributed by atoms with Gasteiger partial charge >= 0.3 is 0 Å². The van der Waals surface area contributed by atoms with E-state index in [1.165, 1.54) is 11.3 Å². The molecule has 0 atom stereocenters. The molecule has 0 spiro atoms. The summed E-state index contributed by atoms with van der Waals surface area (Å²) in [4.78, 5) is 0. The molecule has 70 valence electrons. The number of nitriles is 1. The molecule has 2 aromatic rings. The molecule has 0 amide bonds. The van der Waals surface area contributed by atoms with E-state index in [2.05, 4.69) is 0 Å². The normalized spacial score (nSPS) is 10.0. The predicted molar refractivity (Wildman–Crippen MR) is 54.8 cm³/mol. The predicted octanol–water partition coefficient (Wildman–Crippen LogP) is 2.49. The number of aromatic hydroxyl groups is 1. The molecule has 0 aliphatic carbocycles. The van der Waals surface area contributed by atoms with E-state index in [1.807, 2.05) is 6.07 Å². The maximum absolute atomic E-state index is 9.51. The number of nitrogens with zero attached hydrogens (tertiary/aromatic N) is 1. The highest BCUT2D eigenvalue weighted by Crippen LogP contribution is 2.36.